The van der Waals surface area contributed by atoms with E-state index < -0.39 is 49.1 Å². The van der Waals surface area contributed by atoms with Gasteiger partial charge in [0.2, 0.25) is 0 Å². The van der Waals surface area contributed by atoms with Crippen molar-refractivity contribution < 1.29 is 58.8 Å². The van der Waals surface area contributed by atoms with Gasteiger partial charge in [-0.15, -0.1) is 0 Å². The lowest BCUT2D eigenvalue weighted by Gasteiger charge is -2.23. The summed E-state index contributed by atoms with van der Waals surface area (Å²) in [5, 5.41) is 50.5. The molecule has 0 aliphatic rings. The van der Waals surface area contributed by atoms with Gasteiger partial charge in [-0.25, -0.2) is 4.79 Å². The Morgan fingerprint density at radius 3 is 2.05 bits per heavy atom. The molecule has 0 heterocycles. The zero-order valence-electron chi connectivity index (χ0n) is 24.6. The number of rotatable bonds is 19. The number of hydrogen-bond donors (Lipinski definition) is 7. The molecule has 0 saturated heterocycles. The predicted octanol–water partition coefficient (Wildman–Crippen LogP) is -0.427. The first-order valence-electron chi connectivity index (χ1n) is 13.2. The molecular weight excluding hydrogens is 544 g/mol. The largest absolute Gasteiger partial charge is 0.487 e. The van der Waals surface area contributed by atoms with E-state index in [9.17, 15) is 24.9 Å². The van der Waals surface area contributed by atoms with Crippen LogP contribution in [0.2, 0.25) is 0 Å². The maximum Gasteiger partial charge on any atom is 0.407 e. The Morgan fingerprint density at radius 2 is 1.51 bits per heavy atom. The molecule has 7 N–H and O–H groups in total. The van der Waals surface area contributed by atoms with Crippen LogP contribution in [0.3, 0.4) is 0 Å². The number of carbonyl (C=O) groups excluding carboxylic acids is 2. The van der Waals surface area contributed by atoms with Gasteiger partial charge in [0.25, 0.3) is 5.91 Å². The number of benzene rings is 1. The van der Waals surface area contributed by atoms with Crippen molar-refractivity contribution in [3.05, 3.63) is 29.3 Å². The zero-order valence-corrected chi connectivity index (χ0v) is 24.6. The van der Waals surface area contributed by atoms with Crippen molar-refractivity contribution in [3.8, 4) is 5.75 Å². The topological polar surface area (TPSA) is 205 Å². The van der Waals surface area contributed by atoms with Crippen LogP contribution in [0, 0.1) is 0 Å². The Labute approximate surface area is 241 Å². The molecule has 1 aromatic rings. The first-order valence-corrected chi connectivity index (χ1v) is 13.2. The summed E-state index contributed by atoms with van der Waals surface area (Å²) in [6, 6.07) is 4.86. The lowest BCUT2D eigenvalue weighted by Crippen LogP contribution is -2.36. The van der Waals surface area contributed by atoms with Crippen LogP contribution in [-0.4, -0.2) is 128 Å². The Morgan fingerprint density at radius 1 is 0.902 bits per heavy atom. The number of aliphatic hydroxyl groups is 5. The fraction of sp³-hybridized carbons (Fsp3) is 0.704. The van der Waals surface area contributed by atoms with E-state index in [1.807, 2.05) is 0 Å². The fourth-order valence-corrected chi connectivity index (χ4v) is 3.19. The van der Waals surface area contributed by atoms with Crippen LogP contribution < -0.4 is 15.4 Å². The third-order valence-corrected chi connectivity index (χ3v) is 5.05. The Bertz CT molecular complexity index is 850. The van der Waals surface area contributed by atoms with Crippen molar-refractivity contribution in [1.82, 2.24) is 10.6 Å². The standard InChI is InChI=1S/C26H44N2O11.CH4O/c1-26(2,3)39-25(34)28-8-10-37-12-11-36-9-7-27-24(33)20-13-18(17-35-4)5-6-23(20)38-19(15-29)14-21(31)22(32)16-30;1-2/h5-6,13,19,21-22,29-32H,7-12,14-17H2,1-4H3,(H,27,33)(H,28,34);2H,1H3/t19?,21?,22-;/m0./s1. The van der Waals surface area contributed by atoms with Gasteiger partial charge in [0.15, 0.2) is 0 Å². The molecule has 14 heteroatoms. The molecule has 0 aliphatic heterocycles. The highest BCUT2D eigenvalue weighted by Gasteiger charge is 2.23. The molecule has 1 aromatic carbocycles. The average molecular weight is 593 g/mol. The molecule has 14 nitrogen and oxygen atoms in total. The van der Waals surface area contributed by atoms with Gasteiger partial charge in [-0.05, 0) is 38.5 Å². The number of aliphatic hydroxyl groups excluding tert-OH is 5. The van der Waals surface area contributed by atoms with Crippen molar-refractivity contribution in [3.63, 3.8) is 0 Å². The molecule has 0 aliphatic carbocycles. The summed E-state index contributed by atoms with van der Waals surface area (Å²) >= 11 is 0. The molecule has 1 rings (SSSR count). The predicted molar refractivity (Wildman–Crippen MR) is 149 cm³/mol. The van der Waals surface area contributed by atoms with Crippen molar-refractivity contribution in [2.45, 2.75) is 57.7 Å². The molecule has 0 saturated carbocycles. The normalized spacial score (nSPS) is 13.3. The van der Waals surface area contributed by atoms with Crippen LogP contribution in [0.4, 0.5) is 4.79 Å². The van der Waals surface area contributed by atoms with E-state index in [0.29, 0.717) is 26.4 Å². The highest BCUT2D eigenvalue weighted by Crippen LogP contribution is 2.23. The van der Waals surface area contributed by atoms with Crippen LogP contribution in [0.15, 0.2) is 18.2 Å². The number of nitrogens with one attached hydrogen (secondary N) is 2. The second-order valence-corrected chi connectivity index (χ2v) is 9.65. The van der Waals surface area contributed by atoms with Gasteiger partial charge in [0, 0.05) is 33.7 Å². The van der Waals surface area contributed by atoms with Crippen LogP contribution >= 0.6 is 0 Å². The Hall–Kier alpha value is -2.56. The van der Waals surface area contributed by atoms with Crippen molar-refractivity contribution in [2.75, 3.05) is 67.0 Å². The molecule has 3 atom stereocenters. The van der Waals surface area contributed by atoms with E-state index in [-0.39, 0.29) is 37.5 Å². The summed E-state index contributed by atoms with van der Waals surface area (Å²) in [6.07, 6.45) is -4.30. The van der Waals surface area contributed by atoms with Gasteiger partial charge in [0.1, 0.15) is 23.6 Å². The van der Waals surface area contributed by atoms with E-state index in [1.54, 1.807) is 39.0 Å². The van der Waals surface area contributed by atoms with Gasteiger partial charge in [-0.2, -0.15) is 0 Å². The fourth-order valence-electron chi connectivity index (χ4n) is 3.19. The van der Waals surface area contributed by atoms with E-state index in [0.717, 1.165) is 12.7 Å². The highest BCUT2D eigenvalue weighted by atomic mass is 16.6. The third kappa shape index (κ3) is 17.8. The third-order valence-electron chi connectivity index (χ3n) is 5.05. The van der Waals surface area contributed by atoms with Gasteiger partial charge in [-0.3, -0.25) is 4.79 Å². The second-order valence-electron chi connectivity index (χ2n) is 9.65. The summed E-state index contributed by atoms with van der Waals surface area (Å²) < 4.78 is 26.8. The van der Waals surface area contributed by atoms with E-state index >= 15 is 0 Å². The number of alkyl carbamates (subject to hydrolysis) is 1. The molecule has 0 radical (unpaired) electrons. The molecule has 0 aromatic heterocycles. The summed E-state index contributed by atoms with van der Waals surface area (Å²) in [7, 11) is 2.53. The summed E-state index contributed by atoms with van der Waals surface area (Å²) in [5.74, 6) is -0.268. The number of carbonyl (C=O) groups is 2. The first-order chi connectivity index (χ1) is 19.5. The monoisotopic (exact) mass is 592 g/mol. The summed E-state index contributed by atoms with van der Waals surface area (Å²) in [6.45, 7) is 6.11. The lowest BCUT2D eigenvalue weighted by molar-refractivity contribution is -0.0393. The Balaban J connectivity index is 0.00000781. The average Bonchev–Trinajstić information content (AvgIpc) is 2.93. The van der Waals surface area contributed by atoms with E-state index in [4.69, 9.17) is 33.9 Å². The number of methoxy groups -OCH3 is 1. The van der Waals surface area contributed by atoms with E-state index in [2.05, 4.69) is 10.6 Å². The molecule has 2 unspecified atom stereocenters. The summed E-state index contributed by atoms with van der Waals surface area (Å²) in [4.78, 5) is 24.4. The maximum absolute atomic E-state index is 12.9. The molecule has 41 heavy (non-hydrogen) atoms. The van der Waals surface area contributed by atoms with Crippen molar-refractivity contribution in [2.24, 2.45) is 0 Å². The molecule has 0 fully saturated rings. The van der Waals surface area contributed by atoms with Crippen molar-refractivity contribution in [1.29, 1.82) is 0 Å². The van der Waals surface area contributed by atoms with Crippen molar-refractivity contribution >= 4 is 12.0 Å². The first kappa shape index (κ1) is 38.4. The molecule has 0 bridgehead atoms. The molecular formula is C27H48N2O12. The molecule has 0 spiro atoms. The van der Waals surface area contributed by atoms with Crippen LogP contribution in [-0.2, 0) is 25.6 Å². The minimum atomic E-state index is -1.38. The van der Waals surface area contributed by atoms with Gasteiger partial charge in [-0.1, -0.05) is 6.07 Å². The number of ether oxygens (including phenoxy) is 5. The second kappa shape index (κ2) is 22.1. The van der Waals surface area contributed by atoms with Gasteiger partial charge >= 0.3 is 6.09 Å². The number of hydrogen-bond acceptors (Lipinski definition) is 12. The lowest BCUT2D eigenvalue weighted by atomic mass is 10.1. The maximum atomic E-state index is 12.9. The minimum absolute atomic E-state index is 0.161. The minimum Gasteiger partial charge on any atom is -0.487 e. The smallest absolute Gasteiger partial charge is 0.407 e. The van der Waals surface area contributed by atoms with E-state index in [1.165, 1.54) is 7.11 Å². The van der Waals surface area contributed by atoms with Crippen LogP contribution in [0.1, 0.15) is 43.1 Å². The van der Waals surface area contributed by atoms with Gasteiger partial charge in [0.05, 0.1) is 57.9 Å². The van der Waals surface area contributed by atoms with Gasteiger partial charge < -0.3 is 59.9 Å². The Kier molecular flexibility index (Phi) is 20.7. The van der Waals surface area contributed by atoms with Crippen LogP contribution in [0.25, 0.3) is 0 Å². The SMILES string of the molecule is CO.COCc1ccc(OC(CO)CC(O)[C@@H](O)CO)c(C(=O)NCCOCCOCCNC(=O)OC(C)(C)C)c1. The van der Waals surface area contributed by atoms with Crippen LogP contribution in [0.5, 0.6) is 5.75 Å². The molecule has 2 amide bonds. The molecule has 238 valence electrons. The summed E-state index contributed by atoms with van der Waals surface area (Å²) in [5.41, 5.74) is 0.355. The quantitative estimate of drug-likeness (QED) is 0.102. The highest BCUT2D eigenvalue weighted by molar-refractivity contribution is 5.97. The zero-order chi connectivity index (χ0) is 31.3. The number of amides is 2.